The Hall–Kier alpha value is -0.610. The smallest absolute Gasteiger partial charge is 0.790 e. The maximum atomic E-state index is 14.7. The number of cyclic esters (lactones) is 1. The Morgan fingerprint density at radius 3 is 2.84 bits per heavy atom. The van der Waals surface area contributed by atoms with Crippen molar-refractivity contribution in [3.05, 3.63) is 30.2 Å². The van der Waals surface area contributed by atoms with Crippen LogP contribution in [0.1, 0.15) is 0 Å². The van der Waals surface area contributed by atoms with Crippen molar-refractivity contribution in [1.82, 2.24) is 15.8 Å². The fourth-order valence-electron chi connectivity index (χ4n) is 2.57. The number of halogens is 1. The fraction of sp³-hybridized carbons (Fsp3) is 0.267. The summed E-state index contributed by atoms with van der Waals surface area (Å²) in [5.41, 5.74) is 11.2. The molecule has 2 heterocycles. The summed E-state index contributed by atoms with van der Waals surface area (Å²) in [4.78, 5) is 42.8. The van der Waals surface area contributed by atoms with Gasteiger partial charge >= 0.3 is 65.2 Å². The molecule has 0 unspecified atom stereocenters. The first-order valence-corrected chi connectivity index (χ1v) is 10.6. The Balaban J connectivity index is 0.00000256. The number of ether oxygens (including phenoxy) is 1. The van der Waals surface area contributed by atoms with Gasteiger partial charge in [-0.2, -0.15) is 4.99 Å². The van der Waals surface area contributed by atoms with E-state index in [0.29, 0.717) is 10.0 Å². The molecule has 0 saturated carbocycles. The van der Waals surface area contributed by atoms with E-state index >= 15 is 0 Å². The molecule has 1 fully saturated rings. The number of hydrogen-bond acceptors (Lipinski definition) is 10. The zero-order chi connectivity index (χ0) is 21.9. The molecule has 1 aliphatic heterocycles. The first-order valence-electron chi connectivity index (χ1n) is 8.33. The van der Waals surface area contributed by atoms with E-state index in [9.17, 15) is 23.5 Å². The van der Waals surface area contributed by atoms with Crippen LogP contribution in [0, 0.1) is 5.82 Å². The third-order valence-electron chi connectivity index (χ3n) is 3.79. The van der Waals surface area contributed by atoms with Crippen LogP contribution >= 0.6 is 19.2 Å². The van der Waals surface area contributed by atoms with Crippen LogP contribution in [0.3, 0.4) is 0 Å². The Morgan fingerprint density at radius 1 is 1.50 bits per heavy atom. The van der Waals surface area contributed by atoms with E-state index in [4.69, 9.17) is 10.5 Å². The van der Waals surface area contributed by atoms with Crippen LogP contribution in [0.4, 0.5) is 20.0 Å². The van der Waals surface area contributed by atoms with E-state index in [1.165, 1.54) is 18.3 Å². The number of aromatic nitrogens is 1. The molecule has 32 heavy (non-hydrogen) atoms. The number of phosphoric ester groups is 1. The molecular weight excluding hydrogens is 488 g/mol. The average Bonchev–Trinajstić information content (AvgIpc) is 3.26. The molecule has 3 rings (SSSR count). The van der Waals surface area contributed by atoms with Gasteiger partial charge in [-0.05, 0) is 18.2 Å². The summed E-state index contributed by atoms with van der Waals surface area (Å²) in [6, 6.07) is 4.08. The number of nitrogens with two attached hydrogens (primary N) is 1. The fourth-order valence-corrected chi connectivity index (χ4v) is 3.74. The molecule has 0 radical (unpaired) electrons. The number of thiazole rings is 1. The summed E-state index contributed by atoms with van der Waals surface area (Å²) in [7, 11) is -3.57. The molecule has 0 spiro atoms. The second-order valence-electron chi connectivity index (χ2n) is 5.90. The van der Waals surface area contributed by atoms with Gasteiger partial charge in [0.1, 0.15) is 11.9 Å². The number of guanidine groups is 1. The van der Waals surface area contributed by atoms with E-state index in [-0.39, 0.29) is 82.9 Å². The molecule has 1 aliphatic rings. The normalized spacial score (nSPS) is 16.2. The van der Waals surface area contributed by atoms with Gasteiger partial charge in [-0.3, -0.25) is 10.3 Å². The Bertz CT molecular complexity index is 1020. The second kappa shape index (κ2) is 12.7. The number of hydrazine groups is 1. The van der Waals surface area contributed by atoms with Crippen molar-refractivity contribution in [3.8, 4) is 10.4 Å². The second-order valence-corrected chi connectivity index (χ2v) is 8.06. The number of amides is 1. The van der Waals surface area contributed by atoms with E-state index in [2.05, 4.69) is 25.4 Å². The number of aliphatic imine (C=N–C) groups is 1. The largest absolute Gasteiger partial charge is 1.00 e. The standard InChI is InChI=1S/C15H18FN6O6PS.2Na/c1-18-21-13(17)20-14-19-5-12(30-14)10-3-2-8(4-11(10)16)22-6-9(28-15(22)23)7-27-29(24,25)26;;/h2-5,9,18H,6-7H2,1H3,(H2,24,25,26)(H3,17,19,20,21);;/q;2*+1/p-2/t9-;;/m1../s1. The zero-order valence-corrected chi connectivity index (χ0v) is 23.1. The Morgan fingerprint density at radius 2 is 2.22 bits per heavy atom. The Kier molecular flexibility index (Phi) is 11.7. The zero-order valence-electron chi connectivity index (χ0n) is 17.4. The van der Waals surface area contributed by atoms with Crippen molar-refractivity contribution in [3.63, 3.8) is 0 Å². The topological polar surface area (TPSA) is 177 Å². The van der Waals surface area contributed by atoms with Gasteiger partial charge in [-0.1, -0.05) is 11.3 Å². The number of carbonyl (C=O) groups excluding carboxylic acids is 1. The van der Waals surface area contributed by atoms with Crippen LogP contribution in [0.15, 0.2) is 29.4 Å². The quantitative estimate of drug-likeness (QED) is 0.108. The Labute approximate surface area is 230 Å². The number of hydrogen-bond donors (Lipinski definition) is 3. The SMILES string of the molecule is CNN/C(N)=N\c1ncc(-c2ccc(N3C[C@H](COP(=O)([O-])[O-])OC3=O)cc2F)s1.[Na+].[Na+]. The van der Waals surface area contributed by atoms with Gasteiger partial charge in [0.2, 0.25) is 11.1 Å². The summed E-state index contributed by atoms with van der Waals surface area (Å²) in [6.07, 6.45) is -0.352. The van der Waals surface area contributed by atoms with Crippen molar-refractivity contribution in [2.45, 2.75) is 6.10 Å². The minimum absolute atomic E-state index is 0. The number of carbonyl (C=O) groups is 1. The predicted octanol–water partition coefficient (Wildman–Crippen LogP) is -6.20. The maximum absolute atomic E-state index is 14.7. The minimum atomic E-state index is -5.19. The third kappa shape index (κ3) is 8.01. The molecule has 4 N–H and O–H groups in total. The van der Waals surface area contributed by atoms with E-state index < -0.39 is 32.4 Å². The van der Waals surface area contributed by atoms with E-state index in [1.54, 1.807) is 7.05 Å². The van der Waals surface area contributed by atoms with Crippen molar-refractivity contribution in [2.24, 2.45) is 10.7 Å². The molecule has 12 nitrogen and oxygen atoms in total. The van der Waals surface area contributed by atoms with Gasteiger partial charge in [0.05, 0.1) is 31.5 Å². The first-order chi connectivity index (χ1) is 14.2. The van der Waals surface area contributed by atoms with Crippen LogP contribution < -0.4 is 90.4 Å². The first kappa shape index (κ1) is 29.4. The molecule has 0 aliphatic carbocycles. The van der Waals surface area contributed by atoms with Gasteiger partial charge < -0.3 is 29.3 Å². The molecule has 1 amide bonds. The average molecular weight is 504 g/mol. The van der Waals surface area contributed by atoms with E-state index in [1.807, 2.05) is 0 Å². The van der Waals surface area contributed by atoms with Crippen LogP contribution in [0.2, 0.25) is 0 Å². The molecular formula is C15H16FN6Na2O6PS. The molecule has 1 atom stereocenters. The van der Waals surface area contributed by atoms with Crippen LogP contribution in [-0.2, 0) is 13.8 Å². The van der Waals surface area contributed by atoms with Crippen molar-refractivity contribution in [1.29, 1.82) is 0 Å². The molecule has 1 aromatic carbocycles. The molecule has 162 valence electrons. The molecule has 2 aromatic rings. The van der Waals surface area contributed by atoms with Gasteiger partial charge in [0.15, 0.2) is 0 Å². The van der Waals surface area contributed by atoms with Gasteiger partial charge in [0.25, 0.3) is 0 Å². The van der Waals surface area contributed by atoms with Crippen molar-refractivity contribution < 1.29 is 91.9 Å². The molecule has 17 heteroatoms. The molecule has 1 aromatic heterocycles. The van der Waals surface area contributed by atoms with Gasteiger partial charge in [-0.25, -0.2) is 19.6 Å². The van der Waals surface area contributed by atoms with Crippen molar-refractivity contribution in [2.75, 3.05) is 25.1 Å². The van der Waals surface area contributed by atoms with Crippen LogP contribution in [-0.4, -0.2) is 43.3 Å². The third-order valence-corrected chi connectivity index (χ3v) is 5.17. The minimum Gasteiger partial charge on any atom is -0.790 e. The maximum Gasteiger partial charge on any atom is 1.00 e. The summed E-state index contributed by atoms with van der Waals surface area (Å²) >= 11 is 1.11. The molecule has 0 bridgehead atoms. The number of anilines is 1. The monoisotopic (exact) mass is 504 g/mol. The van der Waals surface area contributed by atoms with Crippen LogP contribution in [0.5, 0.6) is 0 Å². The predicted molar refractivity (Wildman–Crippen MR) is 102 cm³/mol. The number of nitrogens with zero attached hydrogens (tertiary/aromatic N) is 3. The number of rotatable bonds is 7. The number of phosphoric acid groups is 1. The van der Waals surface area contributed by atoms with Gasteiger partial charge in [0, 0.05) is 18.8 Å². The van der Waals surface area contributed by atoms with Gasteiger partial charge in [-0.15, -0.1) is 0 Å². The molecule has 1 saturated heterocycles. The summed E-state index contributed by atoms with van der Waals surface area (Å²) in [5.74, 6) is -0.533. The van der Waals surface area contributed by atoms with E-state index in [0.717, 1.165) is 22.3 Å². The number of nitrogens with one attached hydrogen (secondary N) is 2. The number of benzene rings is 1. The van der Waals surface area contributed by atoms with Crippen molar-refractivity contribution >= 4 is 42.0 Å². The summed E-state index contributed by atoms with van der Waals surface area (Å²) in [5, 5.41) is 0.314. The van der Waals surface area contributed by atoms with Crippen LogP contribution in [0.25, 0.3) is 10.4 Å². The summed E-state index contributed by atoms with van der Waals surface area (Å²) in [6.45, 7) is -0.711. The summed E-state index contributed by atoms with van der Waals surface area (Å²) < 4.78 is 34.3.